The van der Waals surface area contributed by atoms with Crippen molar-refractivity contribution in [3.63, 3.8) is 0 Å². The van der Waals surface area contributed by atoms with Gasteiger partial charge in [0.1, 0.15) is 11.6 Å². The van der Waals surface area contributed by atoms with Crippen molar-refractivity contribution in [2.45, 2.75) is 46.7 Å². The number of amides is 2. The Morgan fingerprint density at radius 2 is 1.75 bits per heavy atom. The number of benzene rings is 1. The first-order chi connectivity index (χ1) is 13.4. The number of hydrogen-bond donors (Lipinski definition) is 0. The first-order valence-electron chi connectivity index (χ1n) is 9.71. The van der Waals surface area contributed by atoms with Gasteiger partial charge in [-0.3, -0.25) is 9.59 Å². The Hall–Kier alpha value is -2.63. The monoisotopic (exact) mass is 388 g/mol. The predicted molar refractivity (Wildman–Crippen MR) is 106 cm³/mol. The summed E-state index contributed by atoms with van der Waals surface area (Å²) >= 11 is 0. The summed E-state index contributed by atoms with van der Waals surface area (Å²) in [6.07, 6.45) is 2.73. The molecule has 0 unspecified atom stereocenters. The van der Waals surface area contributed by atoms with Crippen molar-refractivity contribution in [2.24, 2.45) is 5.92 Å². The maximum absolute atomic E-state index is 13.2. The van der Waals surface area contributed by atoms with Crippen molar-refractivity contribution in [2.75, 3.05) is 13.1 Å². The minimum Gasteiger partial charge on any atom is -0.467 e. The molecule has 0 spiro atoms. The highest BCUT2D eigenvalue weighted by molar-refractivity contribution is 5.84. The van der Waals surface area contributed by atoms with E-state index in [-0.39, 0.29) is 30.1 Å². The predicted octanol–water partition coefficient (Wildman–Crippen LogP) is 4.23. The van der Waals surface area contributed by atoms with Crippen LogP contribution in [0.5, 0.6) is 0 Å². The molecule has 0 fully saturated rings. The van der Waals surface area contributed by atoms with Crippen LogP contribution < -0.4 is 0 Å². The molecular formula is C22H29FN2O3. The maximum Gasteiger partial charge on any atom is 0.242 e. The van der Waals surface area contributed by atoms with E-state index < -0.39 is 0 Å². The van der Waals surface area contributed by atoms with Crippen molar-refractivity contribution in [1.82, 2.24) is 9.80 Å². The molecule has 0 atom stereocenters. The van der Waals surface area contributed by atoms with E-state index in [1.165, 1.54) is 12.1 Å². The van der Waals surface area contributed by atoms with Crippen LogP contribution in [0, 0.1) is 11.7 Å². The van der Waals surface area contributed by atoms with E-state index >= 15 is 0 Å². The molecule has 1 heterocycles. The summed E-state index contributed by atoms with van der Waals surface area (Å²) in [5, 5.41) is 0. The summed E-state index contributed by atoms with van der Waals surface area (Å²) in [6.45, 7) is 7.17. The highest BCUT2D eigenvalue weighted by Crippen LogP contribution is 2.13. The zero-order valence-corrected chi connectivity index (χ0v) is 16.9. The summed E-state index contributed by atoms with van der Waals surface area (Å²) < 4.78 is 18.6. The molecular weight excluding hydrogens is 359 g/mol. The first kappa shape index (κ1) is 21.7. The van der Waals surface area contributed by atoms with Crippen molar-refractivity contribution in [3.05, 3.63) is 59.8 Å². The molecule has 2 amide bonds. The summed E-state index contributed by atoms with van der Waals surface area (Å²) in [5.74, 6) is 0.436. The van der Waals surface area contributed by atoms with E-state index in [1.807, 2.05) is 20.8 Å². The number of nitrogens with zero attached hydrogens (tertiary/aromatic N) is 2. The Balaban J connectivity index is 2.15. The number of rotatable bonds is 10. The molecule has 0 aliphatic heterocycles. The van der Waals surface area contributed by atoms with Gasteiger partial charge in [0.15, 0.2) is 0 Å². The zero-order valence-electron chi connectivity index (χ0n) is 16.9. The zero-order chi connectivity index (χ0) is 20.5. The van der Waals surface area contributed by atoms with E-state index in [1.54, 1.807) is 40.3 Å². The number of carbonyl (C=O) groups is 2. The largest absolute Gasteiger partial charge is 0.467 e. The van der Waals surface area contributed by atoms with Gasteiger partial charge in [-0.15, -0.1) is 0 Å². The molecule has 6 heteroatoms. The third-order valence-corrected chi connectivity index (χ3v) is 4.29. The van der Waals surface area contributed by atoms with E-state index in [9.17, 15) is 14.0 Å². The summed E-state index contributed by atoms with van der Waals surface area (Å²) in [5.41, 5.74) is 0.816. The fraction of sp³-hybridized carbons (Fsp3) is 0.455. The molecule has 1 aromatic heterocycles. The normalized spacial score (nSPS) is 10.9. The molecule has 1 aromatic carbocycles. The molecule has 28 heavy (non-hydrogen) atoms. The van der Waals surface area contributed by atoms with Gasteiger partial charge >= 0.3 is 0 Å². The number of halogens is 1. The van der Waals surface area contributed by atoms with Crippen LogP contribution >= 0.6 is 0 Å². The second kappa shape index (κ2) is 10.6. The number of furan rings is 1. The third kappa shape index (κ3) is 6.83. The summed E-state index contributed by atoms with van der Waals surface area (Å²) in [4.78, 5) is 28.8. The van der Waals surface area contributed by atoms with Gasteiger partial charge in [-0.05, 0) is 42.2 Å². The quantitative estimate of drug-likeness (QED) is 0.612. The minimum atomic E-state index is -0.319. The third-order valence-electron chi connectivity index (χ3n) is 4.29. The van der Waals surface area contributed by atoms with Gasteiger partial charge in [0.25, 0.3) is 0 Å². The second-order valence-electron chi connectivity index (χ2n) is 7.37. The molecule has 2 rings (SSSR count). The van der Waals surface area contributed by atoms with Crippen molar-refractivity contribution in [3.8, 4) is 0 Å². The van der Waals surface area contributed by atoms with Crippen LogP contribution in [-0.2, 0) is 22.7 Å². The SMILES string of the molecule is CCCC(=O)N(CC(=O)N(Cc1ccc(F)cc1)Cc1ccco1)CC(C)C. The second-order valence-corrected chi connectivity index (χ2v) is 7.37. The van der Waals surface area contributed by atoms with Crippen LogP contribution in [0.4, 0.5) is 4.39 Å². The molecule has 0 N–H and O–H groups in total. The highest BCUT2D eigenvalue weighted by atomic mass is 19.1. The number of carbonyl (C=O) groups excluding carboxylic acids is 2. The fourth-order valence-electron chi connectivity index (χ4n) is 2.96. The van der Waals surface area contributed by atoms with Gasteiger partial charge in [-0.1, -0.05) is 32.9 Å². The molecule has 0 radical (unpaired) electrons. The van der Waals surface area contributed by atoms with Crippen LogP contribution in [0.3, 0.4) is 0 Å². The maximum atomic E-state index is 13.2. The van der Waals surface area contributed by atoms with E-state index in [0.717, 1.165) is 12.0 Å². The van der Waals surface area contributed by atoms with E-state index in [0.29, 0.717) is 31.8 Å². The van der Waals surface area contributed by atoms with Crippen molar-refractivity contribution >= 4 is 11.8 Å². The van der Waals surface area contributed by atoms with E-state index in [2.05, 4.69) is 0 Å². The molecule has 0 bridgehead atoms. The molecule has 0 saturated heterocycles. The fourth-order valence-corrected chi connectivity index (χ4v) is 2.96. The lowest BCUT2D eigenvalue weighted by Crippen LogP contribution is -2.43. The number of hydrogen-bond acceptors (Lipinski definition) is 3. The standard InChI is InChI=1S/C22H29FN2O3/c1-4-6-21(26)24(13-17(2)3)16-22(27)25(15-20-7-5-12-28-20)14-18-8-10-19(23)11-9-18/h5,7-12,17H,4,6,13-16H2,1-3H3. The smallest absolute Gasteiger partial charge is 0.242 e. The Labute approximate surface area is 166 Å². The average molecular weight is 388 g/mol. The van der Waals surface area contributed by atoms with Gasteiger partial charge in [0.2, 0.25) is 11.8 Å². The Bertz CT molecular complexity index is 742. The topological polar surface area (TPSA) is 53.8 Å². The average Bonchev–Trinajstić information content (AvgIpc) is 3.15. The van der Waals surface area contributed by atoms with Gasteiger partial charge in [-0.2, -0.15) is 0 Å². The minimum absolute atomic E-state index is 0.00993. The van der Waals surface area contributed by atoms with Crippen molar-refractivity contribution < 1.29 is 18.4 Å². The Morgan fingerprint density at radius 3 is 2.32 bits per heavy atom. The van der Waals surface area contributed by atoms with Gasteiger partial charge < -0.3 is 14.2 Å². The molecule has 5 nitrogen and oxygen atoms in total. The van der Waals surface area contributed by atoms with Crippen LogP contribution in [0.1, 0.15) is 44.9 Å². The first-order valence-corrected chi connectivity index (χ1v) is 9.71. The van der Waals surface area contributed by atoms with Gasteiger partial charge in [-0.25, -0.2) is 4.39 Å². The molecule has 2 aromatic rings. The molecule has 0 aliphatic carbocycles. The molecule has 152 valence electrons. The van der Waals surface area contributed by atoms with Crippen LogP contribution in [0.2, 0.25) is 0 Å². The summed E-state index contributed by atoms with van der Waals surface area (Å²) in [6, 6.07) is 9.64. The van der Waals surface area contributed by atoms with Crippen LogP contribution in [0.15, 0.2) is 47.1 Å². The van der Waals surface area contributed by atoms with E-state index in [4.69, 9.17) is 4.42 Å². The lowest BCUT2D eigenvalue weighted by Gasteiger charge is -2.28. The summed E-state index contributed by atoms with van der Waals surface area (Å²) in [7, 11) is 0. The lowest BCUT2D eigenvalue weighted by molar-refractivity contribution is -0.141. The molecule has 0 aliphatic rings. The van der Waals surface area contributed by atoms with Crippen LogP contribution in [0.25, 0.3) is 0 Å². The van der Waals surface area contributed by atoms with Gasteiger partial charge in [0.05, 0.1) is 19.4 Å². The lowest BCUT2D eigenvalue weighted by atomic mass is 10.1. The van der Waals surface area contributed by atoms with Gasteiger partial charge in [0, 0.05) is 19.5 Å². The van der Waals surface area contributed by atoms with Crippen molar-refractivity contribution in [1.29, 1.82) is 0 Å². The molecule has 0 saturated carbocycles. The Kier molecular flexibility index (Phi) is 8.23. The Morgan fingerprint density at radius 1 is 1.04 bits per heavy atom. The van der Waals surface area contributed by atoms with Crippen LogP contribution in [-0.4, -0.2) is 34.7 Å². The highest BCUT2D eigenvalue weighted by Gasteiger charge is 2.22.